The summed E-state index contributed by atoms with van der Waals surface area (Å²) >= 11 is 12.2. The number of ether oxygens (including phenoxy) is 3. The molecule has 1 aliphatic rings. The lowest BCUT2D eigenvalue weighted by atomic mass is 10.0. The fraction of sp³-hybridized carbons (Fsp3) is 0.278. The van der Waals surface area contributed by atoms with E-state index in [1.54, 1.807) is 18.2 Å². The van der Waals surface area contributed by atoms with Crippen LogP contribution >= 0.6 is 23.2 Å². The molecule has 3 heterocycles. The van der Waals surface area contributed by atoms with E-state index in [9.17, 15) is 4.39 Å². The Morgan fingerprint density at radius 3 is 2.82 bits per heavy atom. The van der Waals surface area contributed by atoms with Gasteiger partial charge < -0.3 is 14.2 Å². The SMILES string of the molecule is CC1COC(Cc2ncn[nH]2)(c2ccc(Oc3ncc(Cl)cc3F)cc2Cl)O1. The van der Waals surface area contributed by atoms with Crippen LogP contribution in [0.15, 0.2) is 36.8 Å². The fourth-order valence-electron chi connectivity index (χ4n) is 2.97. The molecule has 0 bridgehead atoms. The van der Waals surface area contributed by atoms with Gasteiger partial charge >= 0.3 is 0 Å². The maximum atomic E-state index is 13.9. The lowest BCUT2D eigenvalue weighted by molar-refractivity contribution is -0.175. The molecule has 0 aliphatic carbocycles. The number of aromatic nitrogens is 4. The van der Waals surface area contributed by atoms with Gasteiger partial charge in [-0.1, -0.05) is 23.2 Å². The average molecular weight is 425 g/mol. The van der Waals surface area contributed by atoms with Gasteiger partial charge in [0.1, 0.15) is 17.9 Å². The maximum Gasteiger partial charge on any atom is 0.255 e. The van der Waals surface area contributed by atoms with Gasteiger partial charge in [-0.2, -0.15) is 5.10 Å². The van der Waals surface area contributed by atoms with Crippen LogP contribution in [0.4, 0.5) is 4.39 Å². The van der Waals surface area contributed by atoms with Crippen molar-refractivity contribution in [3.8, 4) is 11.6 Å². The monoisotopic (exact) mass is 424 g/mol. The molecule has 3 aromatic rings. The quantitative estimate of drug-likeness (QED) is 0.658. The van der Waals surface area contributed by atoms with Gasteiger partial charge in [-0.25, -0.2) is 14.4 Å². The van der Waals surface area contributed by atoms with E-state index < -0.39 is 11.6 Å². The Hall–Kier alpha value is -2.26. The summed E-state index contributed by atoms with van der Waals surface area (Å²) in [6.07, 6.45) is 2.88. The molecule has 0 radical (unpaired) electrons. The van der Waals surface area contributed by atoms with Crippen molar-refractivity contribution < 1.29 is 18.6 Å². The number of benzene rings is 1. The van der Waals surface area contributed by atoms with Crippen LogP contribution in [0.25, 0.3) is 0 Å². The lowest BCUT2D eigenvalue weighted by Gasteiger charge is -2.28. The summed E-state index contributed by atoms with van der Waals surface area (Å²) in [7, 11) is 0. The normalized spacial score (nSPS) is 21.8. The van der Waals surface area contributed by atoms with Crippen LogP contribution in [0.2, 0.25) is 10.0 Å². The smallest absolute Gasteiger partial charge is 0.255 e. The number of pyridine rings is 1. The molecule has 1 saturated heterocycles. The molecule has 0 spiro atoms. The highest BCUT2D eigenvalue weighted by atomic mass is 35.5. The zero-order valence-corrected chi connectivity index (χ0v) is 16.2. The lowest BCUT2D eigenvalue weighted by Crippen LogP contribution is -2.31. The molecule has 1 aromatic carbocycles. The van der Waals surface area contributed by atoms with Crippen LogP contribution < -0.4 is 4.74 Å². The third-order valence-electron chi connectivity index (χ3n) is 4.15. The number of rotatable bonds is 5. The summed E-state index contributed by atoms with van der Waals surface area (Å²) in [5.74, 6) is -1.09. The molecule has 4 rings (SSSR count). The standard InChI is InChI=1S/C18H15Cl2FN4O3/c1-10-8-26-18(28-10,6-16-23-9-24-25-16)13-3-2-12(5-14(13)20)27-17-15(21)4-11(19)7-22-17/h2-5,7,9-10H,6,8H2,1H3,(H,23,24,25). The van der Waals surface area contributed by atoms with Gasteiger partial charge in [-0.05, 0) is 31.2 Å². The van der Waals surface area contributed by atoms with Crippen LogP contribution in [-0.2, 0) is 21.7 Å². The van der Waals surface area contributed by atoms with Crippen LogP contribution in [0.5, 0.6) is 11.6 Å². The second kappa shape index (κ2) is 7.63. The largest absolute Gasteiger partial charge is 0.436 e. The molecule has 0 amide bonds. The Balaban J connectivity index is 1.63. The Labute approximate surface area is 169 Å². The highest BCUT2D eigenvalue weighted by Crippen LogP contribution is 2.41. The predicted octanol–water partition coefficient (Wildman–Crippen LogP) is 4.27. The average Bonchev–Trinajstić information content (AvgIpc) is 3.28. The molecule has 146 valence electrons. The van der Waals surface area contributed by atoms with Crippen LogP contribution in [0, 0.1) is 5.82 Å². The van der Waals surface area contributed by atoms with Crippen LogP contribution in [0.3, 0.4) is 0 Å². The van der Waals surface area contributed by atoms with E-state index in [1.165, 1.54) is 12.5 Å². The van der Waals surface area contributed by atoms with Crippen molar-refractivity contribution in [1.29, 1.82) is 0 Å². The minimum atomic E-state index is -1.11. The molecule has 1 N–H and O–H groups in total. The van der Waals surface area contributed by atoms with Crippen molar-refractivity contribution in [3.63, 3.8) is 0 Å². The number of aromatic amines is 1. The molecule has 10 heteroatoms. The third kappa shape index (κ3) is 3.81. The third-order valence-corrected chi connectivity index (χ3v) is 4.67. The molecule has 2 atom stereocenters. The number of nitrogens with zero attached hydrogens (tertiary/aromatic N) is 3. The molecular formula is C18H15Cl2FN4O3. The van der Waals surface area contributed by atoms with Gasteiger partial charge in [0, 0.05) is 11.8 Å². The molecule has 28 heavy (non-hydrogen) atoms. The number of hydrogen-bond acceptors (Lipinski definition) is 6. The Bertz CT molecular complexity index is 989. The summed E-state index contributed by atoms with van der Waals surface area (Å²) in [4.78, 5) is 7.98. The first-order valence-corrected chi connectivity index (χ1v) is 9.16. The zero-order valence-electron chi connectivity index (χ0n) is 14.7. The minimum absolute atomic E-state index is 0.123. The summed E-state index contributed by atoms with van der Waals surface area (Å²) in [6, 6.07) is 6.01. The Morgan fingerprint density at radius 1 is 1.32 bits per heavy atom. The summed E-state index contributed by atoms with van der Waals surface area (Å²) < 4.78 is 31.4. The summed E-state index contributed by atoms with van der Waals surface area (Å²) in [5, 5.41) is 7.16. The first kappa shape index (κ1) is 19.1. The van der Waals surface area contributed by atoms with Gasteiger partial charge in [0.2, 0.25) is 5.79 Å². The molecular weight excluding hydrogens is 410 g/mol. The van der Waals surface area contributed by atoms with Gasteiger partial charge in [-0.15, -0.1) is 0 Å². The highest BCUT2D eigenvalue weighted by molar-refractivity contribution is 6.31. The van der Waals surface area contributed by atoms with E-state index in [2.05, 4.69) is 20.2 Å². The second-order valence-corrected chi connectivity index (χ2v) is 7.13. The van der Waals surface area contributed by atoms with Crippen molar-refractivity contribution in [2.45, 2.75) is 25.2 Å². The highest BCUT2D eigenvalue weighted by Gasteiger charge is 2.44. The number of H-pyrrole nitrogens is 1. The van der Waals surface area contributed by atoms with Crippen molar-refractivity contribution in [2.24, 2.45) is 0 Å². The molecule has 7 nitrogen and oxygen atoms in total. The second-order valence-electron chi connectivity index (χ2n) is 6.29. The van der Waals surface area contributed by atoms with Crippen molar-refractivity contribution in [3.05, 3.63) is 64.0 Å². The fourth-order valence-corrected chi connectivity index (χ4v) is 3.43. The Kier molecular flexibility index (Phi) is 5.20. The Morgan fingerprint density at radius 2 is 2.18 bits per heavy atom. The van der Waals surface area contributed by atoms with E-state index in [-0.39, 0.29) is 17.0 Å². The van der Waals surface area contributed by atoms with Crippen LogP contribution in [0.1, 0.15) is 18.3 Å². The number of nitrogens with one attached hydrogen (secondary N) is 1. The maximum absolute atomic E-state index is 13.9. The van der Waals surface area contributed by atoms with Crippen molar-refractivity contribution >= 4 is 23.2 Å². The number of halogens is 3. The van der Waals surface area contributed by atoms with Crippen LogP contribution in [-0.4, -0.2) is 32.9 Å². The van der Waals surface area contributed by atoms with E-state index in [0.717, 1.165) is 6.07 Å². The van der Waals surface area contributed by atoms with Gasteiger partial charge in [-0.3, -0.25) is 5.10 Å². The summed E-state index contributed by atoms with van der Waals surface area (Å²) in [5.41, 5.74) is 0.604. The van der Waals surface area contributed by atoms with Crippen molar-refractivity contribution in [1.82, 2.24) is 20.2 Å². The predicted molar refractivity (Wildman–Crippen MR) is 99.0 cm³/mol. The van der Waals surface area contributed by atoms with Gasteiger partial charge in [0.15, 0.2) is 5.82 Å². The van der Waals surface area contributed by atoms with E-state index in [0.29, 0.717) is 35.2 Å². The first-order chi connectivity index (χ1) is 13.4. The number of hydrogen-bond donors (Lipinski definition) is 1. The topological polar surface area (TPSA) is 82.2 Å². The van der Waals surface area contributed by atoms with Crippen molar-refractivity contribution in [2.75, 3.05) is 6.61 Å². The van der Waals surface area contributed by atoms with Gasteiger partial charge in [0.25, 0.3) is 5.88 Å². The molecule has 1 aliphatic heterocycles. The van der Waals surface area contributed by atoms with E-state index in [1.807, 2.05) is 6.92 Å². The molecule has 2 unspecified atom stereocenters. The molecule has 2 aromatic heterocycles. The zero-order chi connectivity index (χ0) is 19.7. The molecule has 0 saturated carbocycles. The molecule has 1 fully saturated rings. The first-order valence-electron chi connectivity index (χ1n) is 8.40. The van der Waals surface area contributed by atoms with E-state index in [4.69, 9.17) is 37.4 Å². The van der Waals surface area contributed by atoms with E-state index >= 15 is 0 Å². The minimum Gasteiger partial charge on any atom is -0.436 e. The van der Waals surface area contributed by atoms with Gasteiger partial charge in [0.05, 0.1) is 29.2 Å². The summed E-state index contributed by atoms with van der Waals surface area (Å²) in [6.45, 7) is 2.31.